The smallest absolute Gasteiger partial charge is 0.240 e. The molecule has 0 aliphatic carbocycles. The molecule has 0 bridgehead atoms. The zero-order valence-electron chi connectivity index (χ0n) is 13.6. The van der Waals surface area contributed by atoms with Crippen molar-refractivity contribution in [3.63, 3.8) is 0 Å². The van der Waals surface area contributed by atoms with Crippen LogP contribution in [0.1, 0.15) is 26.3 Å². The van der Waals surface area contributed by atoms with Crippen LogP contribution in [0, 0.1) is 12.3 Å². The van der Waals surface area contributed by atoms with Crippen molar-refractivity contribution in [2.45, 2.75) is 33.7 Å². The van der Waals surface area contributed by atoms with Crippen LogP contribution >= 0.6 is 0 Å². The van der Waals surface area contributed by atoms with Crippen molar-refractivity contribution in [1.82, 2.24) is 4.90 Å². The molecular weight excluding hydrogens is 262 g/mol. The Bertz CT molecular complexity index is 499. The van der Waals surface area contributed by atoms with Crippen LogP contribution in [0.2, 0.25) is 0 Å². The summed E-state index contributed by atoms with van der Waals surface area (Å²) in [5.74, 6) is 0.0759. The van der Waals surface area contributed by atoms with Gasteiger partial charge in [-0.05, 0) is 24.0 Å². The highest BCUT2D eigenvalue weighted by Crippen LogP contribution is 2.23. The molecule has 2 rings (SSSR count). The Balaban J connectivity index is 1.98. The number of rotatable bonds is 2. The van der Waals surface area contributed by atoms with Crippen molar-refractivity contribution >= 4 is 11.6 Å². The molecule has 1 amide bonds. The summed E-state index contributed by atoms with van der Waals surface area (Å²) in [5, 5.41) is 0. The van der Waals surface area contributed by atoms with Gasteiger partial charge in [0, 0.05) is 31.9 Å². The molecule has 2 N–H and O–H groups in total. The Hall–Kier alpha value is -1.55. The second kappa shape index (κ2) is 6.06. The van der Waals surface area contributed by atoms with Gasteiger partial charge >= 0.3 is 0 Å². The van der Waals surface area contributed by atoms with Crippen molar-refractivity contribution in [3.05, 3.63) is 29.8 Å². The molecule has 0 unspecified atom stereocenters. The van der Waals surface area contributed by atoms with Gasteiger partial charge in [0.1, 0.15) is 0 Å². The summed E-state index contributed by atoms with van der Waals surface area (Å²) in [5.41, 5.74) is 8.45. The maximum atomic E-state index is 12.4. The molecule has 1 aliphatic rings. The molecule has 1 aromatic rings. The second-order valence-electron chi connectivity index (χ2n) is 6.94. The predicted octanol–water partition coefficient (Wildman–Crippen LogP) is 2.02. The number of aryl methyl sites for hydroxylation is 1. The average molecular weight is 289 g/mol. The molecule has 1 aromatic carbocycles. The summed E-state index contributed by atoms with van der Waals surface area (Å²) in [6.45, 7) is 11.4. The first-order chi connectivity index (χ1) is 9.80. The summed E-state index contributed by atoms with van der Waals surface area (Å²) in [6.07, 6.45) is 0. The van der Waals surface area contributed by atoms with Crippen molar-refractivity contribution in [2.24, 2.45) is 11.1 Å². The highest BCUT2D eigenvalue weighted by molar-refractivity contribution is 5.82. The van der Waals surface area contributed by atoms with Crippen LogP contribution < -0.4 is 10.6 Å². The Labute approximate surface area is 127 Å². The predicted molar refractivity (Wildman–Crippen MR) is 87.4 cm³/mol. The van der Waals surface area contributed by atoms with Gasteiger partial charge in [-0.15, -0.1) is 0 Å². The van der Waals surface area contributed by atoms with Gasteiger partial charge in [0.15, 0.2) is 0 Å². The summed E-state index contributed by atoms with van der Waals surface area (Å²) < 4.78 is 0. The number of hydrogen-bond acceptors (Lipinski definition) is 3. The highest BCUT2D eigenvalue weighted by Gasteiger charge is 2.32. The molecule has 21 heavy (non-hydrogen) atoms. The van der Waals surface area contributed by atoms with Gasteiger partial charge in [-0.3, -0.25) is 4.79 Å². The molecule has 0 spiro atoms. The van der Waals surface area contributed by atoms with Gasteiger partial charge < -0.3 is 15.5 Å². The van der Waals surface area contributed by atoms with Crippen LogP contribution in [0.3, 0.4) is 0 Å². The maximum Gasteiger partial charge on any atom is 0.240 e. The molecule has 0 aromatic heterocycles. The van der Waals surface area contributed by atoms with E-state index in [0.717, 1.165) is 26.2 Å². The first-order valence-corrected chi connectivity index (χ1v) is 7.65. The topological polar surface area (TPSA) is 49.6 Å². The Morgan fingerprint density at radius 1 is 1.14 bits per heavy atom. The van der Waals surface area contributed by atoms with Gasteiger partial charge in [0.2, 0.25) is 5.91 Å². The lowest BCUT2D eigenvalue weighted by atomic mass is 9.86. The van der Waals surface area contributed by atoms with E-state index < -0.39 is 6.04 Å². The lowest BCUT2D eigenvalue weighted by Crippen LogP contribution is -2.56. The third kappa shape index (κ3) is 3.56. The number of amides is 1. The minimum absolute atomic E-state index is 0.0759. The summed E-state index contributed by atoms with van der Waals surface area (Å²) in [6, 6.07) is 7.97. The zero-order valence-corrected chi connectivity index (χ0v) is 13.6. The van der Waals surface area contributed by atoms with Gasteiger partial charge in [-0.2, -0.15) is 0 Å². The number of benzene rings is 1. The van der Waals surface area contributed by atoms with Crippen LogP contribution in [0.15, 0.2) is 24.3 Å². The van der Waals surface area contributed by atoms with E-state index in [1.807, 2.05) is 25.7 Å². The molecule has 1 atom stereocenters. The van der Waals surface area contributed by atoms with E-state index in [2.05, 4.69) is 36.1 Å². The van der Waals surface area contributed by atoms with Crippen LogP contribution in [0.25, 0.3) is 0 Å². The molecule has 4 heteroatoms. The molecule has 0 radical (unpaired) electrons. The SMILES string of the molecule is Cc1ccccc1N1CCN(C(=O)[C@H](N)C(C)(C)C)CC1. The van der Waals surface area contributed by atoms with E-state index in [-0.39, 0.29) is 11.3 Å². The zero-order chi connectivity index (χ0) is 15.6. The van der Waals surface area contributed by atoms with Crippen molar-refractivity contribution in [1.29, 1.82) is 0 Å². The van der Waals surface area contributed by atoms with E-state index in [4.69, 9.17) is 5.73 Å². The van der Waals surface area contributed by atoms with E-state index in [1.165, 1.54) is 11.3 Å². The molecule has 116 valence electrons. The monoisotopic (exact) mass is 289 g/mol. The fraction of sp³-hybridized carbons (Fsp3) is 0.588. The van der Waals surface area contributed by atoms with E-state index in [0.29, 0.717) is 0 Å². The Morgan fingerprint density at radius 3 is 2.24 bits per heavy atom. The van der Waals surface area contributed by atoms with Gasteiger partial charge in [-0.25, -0.2) is 0 Å². The minimum atomic E-state index is -0.428. The van der Waals surface area contributed by atoms with Crippen molar-refractivity contribution in [3.8, 4) is 0 Å². The molecule has 1 saturated heterocycles. The molecular formula is C17H27N3O. The molecule has 1 heterocycles. The second-order valence-corrected chi connectivity index (χ2v) is 6.94. The lowest BCUT2D eigenvalue weighted by molar-refractivity contribution is -0.135. The normalized spacial score (nSPS) is 17.8. The number of hydrogen-bond donors (Lipinski definition) is 1. The number of anilines is 1. The van der Waals surface area contributed by atoms with E-state index in [1.54, 1.807) is 0 Å². The van der Waals surface area contributed by atoms with Crippen LogP contribution in [-0.4, -0.2) is 43.0 Å². The van der Waals surface area contributed by atoms with Gasteiger partial charge in [0.25, 0.3) is 0 Å². The van der Waals surface area contributed by atoms with Gasteiger partial charge in [0.05, 0.1) is 6.04 Å². The highest BCUT2D eigenvalue weighted by atomic mass is 16.2. The number of piperazine rings is 1. The molecule has 0 saturated carbocycles. The summed E-state index contributed by atoms with van der Waals surface area (Å²) >= 11 is 0. The van der Waals surface area contributed by atoms with Crippen molar-refractivity contribution in [2.75, 3.05) is 31.1 Å². The van der Waals surface area contributed by atoms with Crippen LogP contribution in [0.5, 0.6) is 0 Å². The number of carbonyl (C=O) groups excluding carboxylic acids is 1. The molecule has 4 nitrogen and oxygen atoms in total. The standard InChI is InChI=1S/C17H27N3O/c1-13-7-5-6-8-14(13)19-9-11-20(12-10-19)16(21)15(18)17(2,3)4/h5-8,15H,9-12,18H2,1-4H3/t15-/m0/s1. The summed E-state index contributed by atoms with van der Waals surface area (Å²) in [4.78, 5) is 16.7. The number of nitrogens with zero attached hydrogens (tertiary/aromatic N) is 2. The lowest BCUT2D eigenvalue weighted by Gasteiger charge is -2.39. The van der Waals surface area contributed by atoms with Crippen LogP contribution in [-0.2, 0) is 4.79 Å². The Morgan fingerprint density at radius 2 is 1.71 bits per heavy atom. The molecule has 1 aliphatic heterocycles. The minimum Gasteiger partial charge on any atom is -0.368 e. The quantitative estimate of drug-likeness (QED) is 0.906. The largest absolute Gasteiger partial charge is 0.368 e. The number of nitrogens with two attached hydrogens (primary N) is 1. The number of carbonyl (C=O) groups is 1. The first kappa shape index (κ1) is 15.8. The van der Waals surface area contributed by atoms with Crippen LogP contribution in [0.4, 0.5) is 5.69 Å². The summed E-state index contributed by atoms with van der Waals surface area (Å²) in [7, 11) is 0. The fourth-order valence-electron chi connectivity index (χ4n) is 2.65. The van der Waals surface area contributed by atoms with Crippen molar-refractivity contribution < 1.29 is 4.79 Å². The van der Waals surface area contributed by atoms with E-state index >= 15 is 0 Å². The molecule has 1 fully saturated rings. The third-order valence-corrected chi connectivity index (χ3v) is 4.25. The first-order valence-electron chi connectivity index (χ1n) is 7.65. The average Bonchev–Trinajstić information content (AvgIpc) is 2.45. The maximum absolute atomic E-state index is 12.4. The number of para-hydroxylation sites is 1. The van der Waals surface area contributed by atoms with E-state index in [9.17, 15) is 4.79 Å². The third-order valence-electron chi connectivity index (χ3n) is 4.25. The Kier molecular flexibility index (Phi) is 4.57. The fourth-order valence-corrected chi connectivity index (χ4v) is 2.65. The van der Waals surface area contributed by atoms with Gasteiger partial charge in [-0.1, -0.05) is 39.0 Å².